The number of nitrogen functional groups attached to an aromatic ring is 1. The number of primary amides is 1. The lowest BCUT2D eigenvalue weighted by Gasteiger charge is -2.39. The summed E-state index contributed by atoms with van der Waals surface area (Å²) >= 11 is 0. The van der Waals surface area contributed by atoms with E-state index in [1.165, 1.54) is 0 Å². The topological polar surface area (TPSA) is 81.6 Å². The Labute approximate surface area is 107 Å². The minimum Gasteiger partial charge on any atom is -0.399 e. The van der Waals surface area contributed by atoms with E-state index in [1.807, 2.05) is 13.0 Å². The minimum atomic E-state index is -0.455. The lowest BCUT2D eigenvalue weighted by Crippen LogP contribution is -2.48. The number of carbonyl (C=O) groups excluding carboxylic acids is 1. The largest absolute Gasteiger partial charge is 0.399 e. The van der Waals surface area contributed by atoms with Gasteiger partial charge in [-0.25, -0.2) is 0 Å². The van der Waals surface area contributed by atoms with Gasteiger partial charge in [-0.15, -0.1) is 0 Å². The molecule has 2 atom stereocenters. The third-order valence-electron chi connectivity index (χ3n) is 3.20. The maximum absolute atomic E-state index is 11.5. The van der Waals surface area contributed by atoms with Gasteiger partial charge in [-0.05, 0) is 32.0 Å². The SMILES string of the molecule is CC1CN(c2ccc(N)cc2C(N)=O)C(C)CO1. The molecule has 5 nitrogen and oxygen atoms in total. The number of hydrogen-bond donors (Lipinski definition) is 2. The zero-order chi connectivity index (χ0) is 13.3. The fourth-order valence-electron chi connectivity index (χ4n) is 2.24. The summed E-state index contributed by atoms with van der Waals surface area (Å²) in [5.74, 6) is -0.455. The molecular formula is C13H19N3O2. The second kappa shape index (κ2) is 4.86. The van der Waals surface area contributed by atoms with Crippen molar-refractivity contribution in [3.05, 3.63) is 23.8 Å². The Morgan fingerprint density at radius 1 is 1.44 bits per heavy atom. The molecule has 4 N–H and O–H groups in total. The standard InChI is InChI=1S/C13H19N3O2/c1-8-7-18-9(2)6-16(8)12-4-3-10(14)5-11(12)13(15)17/h3-5,8-9H,6-7,14H2,1-2H3,(H2,15,17). The number of anilines is 2. The number of nitrogens with zero attached hydrogens (tertiary/aromatic N) is 1. The van der Waals surface area contributed by atoms with Crippen molar-refractivity contribution >= 4 is 17.3 Å². The lowest BCUT2D eigenvalue weighted by atomic mass is 10.1. The van der Waals surface area contributed by atoms with E-state index in [0.717, 1.165) is 12.2 Å². The van der Waals surface area contributed by atoms with Crippen molar-refractivity contribution in [1.82, 2.24) is 0 Å². The van der Waals surface area contributed by atoms with Crippen LogP contribution < -0.4 is 16.4 Å². The average molecular weight is 249 g/mol. The van der Waals surface area contributed by atoms with E-state index >= 15 is 0 Å². The van der Waals surface area contributed by atoms with Crippen LogP contribution in [0.4, 0.5) is 11.4 Å². The van der Waals surface area contributed by atoms with Crippen molar-refractivity contribution in [2.24, 2.45) is 5.73 Å². The number of nitrogens with two attached hydrogens (primary N) is 2. The van der Waals surface area contributed by atoms with Gasteiger partial charge >= 0.3 is 0 Å². The van der Waals surface area contributed by atoms with Gasteiger partial charge in [0.05, 0.1) is 24.0 Å². The molecule has 0 saturated carbocycles. The molecule has 1 fully saturated rings. The van der Waals surface area contributed by atoms with Crippen LogP contribution in [0.2, 0.25) is 0 Å². The third-order valence-corrected chi connectivity index (χ3v) is 3.20. The number of amides is 1. The summed E-state index contributed by atoms with van der Waals surface area (Å²) in [6.07, 6.45) is 0.138. The van der Waals surface area contributed by atoms with Gasteiger partial charge in [-0.1, -0.05) is 0 Å². The third kappa shape index (κ3) is 2.41. The molecule has 1 aliphatic rings. The number of benzene rings is 1. The molecule has 0 spiro atoms. The molecule has 2 unspecified atom stereocenters. The maximum Gasteiger partial charge on any atom is 0.250 e. The Hall–Kier alpha value is -1.75. The Kier molecular flexibility index (Phi) is 3.43. The zero-order valence-corrected chi connectivity index (χ0v) is 10.7. The van der Waals surface area contributed by atoms with Crippen molar-refractivity contribution in [3.8, 4) is 0 Å². The van der Waals surface area contributed by atoms with E-state index < -0.39 is 5.91 Å². The van der Waals surface area contributed by atoms with E-state index in [2.05, 4.69) is 11.8 Å². The second-order valence-electron chi connectivity index (χ2n) is 4.79. The molecule has 1 aromatic rings. The Morgan fingerprint density at radius 2 is 2.17 bits per heavy atom. The second-order valence-corrected chi connectivity index (χ2v) is 4.79. The van der Waals surface area contributed by atoms with Crippen LogP contribution >= 0.6 is 0 Å². The summed E-state index contributed by atoms with van der Waals surface area (Å²) in [4.78, 5) is 13.7. The van der Waals surface area contributed by atoms with Gasteiger partial charge in [0, 0.05) is 18.3 Å². The quantitative estimate of drug-likeness (QED) is 0.765. The summed E-state index contributed by atoms with van der Waals surface area (Å²) in [7, 11) is 0. The van der Waals surface area contributed by atoms with E-state index in [4.69, 9.17) is 16.2 Å². The molecule has 1 heterocycles. The monoisotopic (exact) mass is 249 g/mol. The smallest absolute Gasteiger partial charge is 0.250 e. The highest BCUT2D eigenvalue weighted by Crippen LogP contribution is 2.27. The Balaban J connectivity index is 2.40. The lowest BCUT2D eigenvalue weighted by molar-refractivity contribution is 0.0343. The molecule has 0 aliphatic carbocycles. The predicted octanol–water partition coefficient (Wildman–Crippen LogP) is 0.981. The van der Waals surface area contributed by atoms with Gasteiger partial charge in [-0.2, -0.15) is 0 Å². The summed E-state index contributed by atoms with van der Waals surface area (Å²) in [5, 5.41) is 0. The molecule has 1 amide bonds. The van der Waals surface area contributed by atoms with Crippen LogP contribution in [0.3, 0.4) is 0 Å². The number of ether oxygens (including phenoxy) is 1. The fourth-order valence-corrected chi connectivity index (χ4v) is 2.24. The molecule has 18 heavy (non-hydrogen) atoms. The van der Waals surface area contributed by atoms with Crippen LogP contribution in [0.15, 0.2) is 18.2 Å². The van der Waals surface area contributed by atoms with Crippen molar-refractivity contribution in [2.75, 3.05) is 23.8 Å². The van der Waals surface area contributed by atoms with Gasteiger partial charge in [0.15, 0.2) is 0 Å². The van der Waals surface area contributed by atoms with E-state index in [1.54, 1.807) is 12.1 Å². The Morgan fingerprint density at radius 3 is 2.83 bits per heavy atom. The van der Waals surface area contributed by atoms with Crippen LogP contribution in [0.25, 0.3) is 0 Å². The van der Waals surface area contributed by atoms with Gasteiger partial charge in [-0.3, -0.25) is 4.79 Å². The average Bonchev–Trinajstić information content (AvgIpc) is 2.32. The number of morpholine rings is 1. The van der Waals surface area contributed by atoms with Gasteiger partial charge in [0.2, 0.25) is 0 Å². The minimum absolute atomic E-state index is 0.138. The first kappa shape index (κ1) is 12.7. The molecule has 0 bridgehead atoms. The number of carbonyl (C=O) groups is 1. The van der Waals surface area contributed by atoms with Crippen LogP contribution in [0.5, 0.6) is 0 Å². The van der Waals surface area contributed by atoms with Crippen molar-refractivity contribution < 1.29 is 9.53 Å². The van der Waals surface area contributed by atoms with Crippen LogP contribution in [-0.4, -0.2) is 31.2 Å². The predicted molar refractivity (Wildman–Crippen MR) is 71.6 cm³/mol. The number of rotatable bonds is 2. The van der Waals surface area contributed by atoms with Gasteiger partial charge in [0.25, 0.3) is 5.91 Å². The van der Waals surface area contributed by atoms with E-state index in [-0.39, 0.29) is 12.1 Å². The summed E-state index contributed by atoms with van der Waals surface area (Å²) in [6, 6.07) is 5.48. The fraction of sp³-hybridized carbons (Fsp3) is 0.462. The van der Waals surface area contributed by atoms with Crippen LogP contribution in [-0.2, 0) is 4.74 Å². The normalized spacial score (nSPS) is 24.0. The molecule has 1 aliphatic heterocycles. The summed E-state index contributed by atoms with van der Waals surface area (Å²) in [5.41, 5.74) is 13.0. The maximum atomic E-state index is 11.5. The van der Waals surface area contributed by atoms with Crippen LogP contribution in [0.1, 0.15) is 24.2 Å². The molecule has 0 radical (unpaired) electrons. The zero-order valence-electron chi connectivity index (χ0n) is 10.7. The first-order valence-corrected chi connectivity index (χ1v) is 6.06. The molecule has 5 heteroatoms. The highest BCUT2D eigenvalue weighted by Gasteiger charge is 2.26. The molecule has 0 aromatic heterocycles. The first-order valence-electron chi connectivity index (χ1n) is 6.06. The summed E-state index contributed by atoms with van der Waals surface area (Å²) in [6.45, 7) is 5.46. The van der Waals surface area contributed by atoms with Gasteiger partial charge < -0.3 is 21.1 Å². The van der Waals surface area contributed by atoms with E-state index in [0.29, 0.717) is 17.9 Å². The number of hydrogen-bond acceptors (Lipinski definition) is 4. The van der Waals surface area contributed by atoms with Crippen molar-refractivity contribution in [1.29, 1.82) is 0 Å². The molecule has 2 rings (SSSR count). The van der Waals surface area contributed by atoms with Crippen molar-refractivity contribution in [2.45, 2.75) is 26.0 Å². The highest BCUT2D eigenvalue weighted by atomic mass is 16.5. The van der Waals surface area contributed by atoms with Gasteiger partial charge in [0.1, 0.15) is 0 Å². The first-order chi connectivity index (χ1) is 8.49. The molecule has 1 saturated heterocycles. The van der Waals surface area contributed by atoms with Crippen LogP contribution in [0, 0.1) is 0 Å². The van der Waals surface area contributed by atoms with E-state index in [9.17, 15) is 4.79 Å². The summed E-state index contributed by atoms with van der Waals surface area (Å²) < 4.78 is 5.58. The molecule has 1 aromatic carbocycles. The highest BCUT2D eigenvalue weighted by molar-refractivity contribution is 5.99. The molecular weight excluding hydrogens is 230 g/mol. The Bertz CT molecular complexity index is 462. The molecule has 98 valence electrons. The van der Waals surface area contributed by atoms with Crippen molar-refractivity contribution in [3.63, 3.8) is 0 Å².